The Bertz CT molecular complexity index is 551. The maximum atomic E-state index is 12.3. The molecule has 0 radical (unpaired) electrons. The van der Waals surface area contributed by atoms with E-state index in [9.17, 15) is 9.90 Å². The quantitative estimate of drug-likeness (QED) is 0.847. The summed E-state index contributed by atoms with van der Waals surface area (Å²) in [5.74, 6) is -0.233. The lowest BCUT2D eigenvalue weighted by Gasteiger charge is -2.18. The van der Waals surface area contributed by atoms with Crippen molar-refractivity contribution in [3.05, 3.63) is 71.8 Å². The second-order valence-electron chi connectivity index (χ2n) is 4.84. The number of benzene rings is 2. The van der Waals surface area contributed by atoms with Crippen LogP contribution in [0.2, 0.25) is 0 Å². The summed E-state index contributed by atoms with van der Waals surface area (Å²) in [5.41, 5.74) is 1.57. The molecule has 0 aliphatic rings. The maximum Gasteiger partial charge on any atom is 0.168 e. The van der Waals surface area contributed by atoms with Crippen LogP contribution in [-0.4, -0.2) is 17.5 Å². The fourth-order valence-electron chi connectivity index (χ4n) is 2.26. The van der Waals surface area contributed by atoms with Gasteiger partial charge in [-0.3, -0.25) is 4.79 Å². The summed E-state index contributed by atoms with van der Waals surface area (Å²) in [5, 5.41) is 10.1. The van der Waals surface area contributed by atoms with Crippen molar-refractivity contribution in [2.45, 2.75) is 25.6 Å². The molecule has 0 heterocycles. The summed E-state index contributed by atoms with van der Waals surface area (Å²) < 4.78 is 5.65. The number of hydrogen-bond donors (Lipinski definition) is 1. The Morgan fingerprint density at radius 2 is 1.52 bits per heavy atom. The van der Waals surface area contributed by atoms with E-state index in [1.807, 2.05) is 55.5 Å². The van der Waals surface area contributed by atoms with Crippen LogP contribution in [0.5, 0.6) is 0 Å². The first-order valence-corrected chi connectivity index (χ1v) is 7.14. The predicted molar refractivity (Wildman–Crippen MR) is 81.8 cm³/mol. The number of ketones is 1. The lowest BCUT2D eigenvalue weighted by Crippen LogP contribution is -2.17. The van der Waals surface area contributed by atoms with Gasteiger partial charge < -0.3 is 9.84 Å². The van der Waals surface area contributed by atoms with Crippen LogP contribution in [0.4, 0.5) is 0 Å². The van der Waals surface area contributed by atoms with Crippen LogP contribution in [0.25, 0.3) is 0 Å². The van der Waals surface area contributed by atoms with Gasteiger partial charge >= 0.3 is 0 Å². The van der Waals surface area contributed by atoms with Crippen molar-refractivity contribution >= 4 is 5.78 Å². The maximum absolute atomic E-state index is 12.3. The minimum atomic E-state index is -1.10. The third-order valence-corrected chi connectivity index (χ3v) is 3.35. The zero-order valence-electron chi connectivity index (χ0n) is 12.1. The summed E-state index contributed by atoms with van der Waals surface area (Å²) in [4.78, 5) is 12.3. The summed E-state index contributed by atoms with van der Waals surface area (Å²) in [7, 11) is 0. The number of hydrogen-bond acceptors (Lipinski definition) is 3. The molecular formula is C18H20O3. The van der Waals surface area contributed by atoms with Crippen LogP contribution in [0.15, 0.2) is 60.7 Å². The van der Waals surface area contributed by atoms with E-state index >= 15 is 0 Å². The smallest absolute Gasteiger partial charge is 0.168 e. The minimum Gasteiger partial charge on any atom is -0.381 e. The molecule has 0 bridgehead atoms. The largest absolute Gasteiger partial charge is 0.381 e. The highest BCUT2D eigenvalue weighted by molar-refractivity contribution is 5.84. The third kappa shape index (κ3) is 4.25. The van der Waals surface area contributed by atoms with Crippen LogP contribution in [0.1, 0.15) is 36.7 Å². The molecule has 2 aromatic carbocycles. The van der Waals surface area contributed by atoms with Crippen LogP contribution in [0.3, 0.4) is 0 Å². The molecule has 3 nitrogen and oxygen atoms in total. The molecule has 3 heteroatoms. The molecule has 21 heavy (non-hydrogen) atoms. The van der Waals surface area contributed by atoms with Gasteiger partial charge in [0.2, 0.25) is 0 Å². The van der Waals surface area contributed by atoms with Crippen LogP contribution in [-0.2, 0) is 9.53 Å². The Hall–Kier alpha value is -1.97. The van der Waals surface area contributed by atoms with E-state index in [0.717, 1.165) is 5.56 Å². The lowest BCUT2D eigenvalue weighted by molar-refractivity contribution is -0.130. The van der Waals surface area contributed by atoms with Crippen molar-refractivity contribution in [3.8, 4) is 0 Å². The Balaban J connectivity index is 2.08. The lowest BCUT2D eigenvalue weighted by atomic mass is 9.98. The molecule has 0 saturated heterocycles. The zero-order valence-corrected chi connectivity index (χ0v) is 12.1. The van der Waals surface area contributed by atoms with Gasteiger partial charge in [0.05, 0.1) is 6.10 Å². The van der Waals surface area contributed by atoms with E-state index < -0.39 is 6.10 Å². The fraction of sp³-hybridized carbons (Fsp3) is 0.278. The molecule has 110 valence electrons. The van der Waals surface area contributed by atoms with Gasteiger partial charge in [-0.2, -0.15) is 0 Å². The van der Waals surface area contributed by atoms with Crippen LogP contribution < -0.4 is 0 Å². The van der Waals surface area contributed by atoms with E-state index in [2.05, 4.69) is 0 Å². The Morgan fingerprint density at radius 1 is 1.00 bits per heavy atom. The van der Waals surface area contributed by atoms with Gasteiger partial charge in [-0.1, -0.05) is 60.7 Å². The van der Waals surface area contributed by atoms with Crippen molar-refractivity contribution in [2.75, 3.05) is 6.61 Å². The normalized spacial score (nSPS) is 13.6. The van der Waals surface area contributed by atoms with E-state index in [1.165, 1.54) is 0 Å². The van der Waals surface area contributed by atoms with Gasteiger partial charge in [-0.15, -0.1) is 0 Å². The standard InChI is InChI=1S/C18H20O3/c1-2-21-17(14-9-5-3-6-10-14)13-16(19)18(20)15-11-7-4-8-12-15/h3-12,17-18,20H,2,13H2,1H3. The first-order chi connectivity index (χ1) is 10.2. The topological polar surface area (TPSA) is 46.5 Å². The van der Waals surface area contributed by atoms with Crippen molar-refractivity contribution < 1.29 is 14.6 Å². The number of rotatable bonds is 7. The predicted octanol–water partition coefficient (Wildman–Crippen LogP) is 3.46. The number of aliphatic hydroxyl groups is 1. The Morgan fingerprint density at radius 3 is 2.05 bits per heavy atom. The molecule has 0 saturated carbocycles. The van der Waals surface area contributed by atoms with Crippen LogP contribution in [0, 0.1) is 0 Å². The highest BCUT2D eigenvalue weighted by atomic mass is 16.5. The number of carbonyl (C=O) groups is 1. The van der Waals surface area contributed by atoms with Crippen molar-refractivity contribution in [1.29, 1.82) is 0 Å². The second-order valence-corrected chi connectivity index (χ2v) is 4.84. The Kier molecular flexibility index (Phi) is 5.67. The molecule has 0 aliphatic heterocycles. The monoisotopic (exact) mass is 284 g/mol. The average molecular weight is 284 g/mol. The molecule has 2 rings (SSSR count). The highest BCUT2D eigenvalue weighted by Gasteiger charge is 2.22. The summed E-state index contributed by atoms with van der Waals surface area (Å²) >= 11 is 0. The van der Waals surface area contributed by atoms with Crippen molar-refractivity contribution in [3.63, 3.8) is 0 Å². The SMILES string of the molecule is CCOC(CC(=O)C(O)c1ccccc1)c1ccccc1. The molecule has 2 atom stereocenters. The second kappa shape index (κ2) is 7.72. The fourth-order valence-corrected chi connectivity index (χ4v) is 2.26. The van der Waals surface area contributed by atoms with Gasteiger partial charge in [0.25, 0.3) is 0 Å². The highest BCUT2D eigenvalue weighted by Crippen LogP contribution is 2.25. The van der Waals surface area contributed by atoms with Crippen molar-refractivity contribution in [1.82, 2.24) is 0 Å². The average Bonchev–Trinajstić information content (AvgIpc) is 2.55. The first-order valence-electron chi connectivity index (χ1n) is 7.14. The van der Waals surface area contributed by atoms with E-state index in [-0.39, 0.29) is 18.3 Å². The van der Waals surface area contributed by atoms with Gasteiger partial charge in [-0.05, 0) is 18.1 Å². The molecule has 0 spiro atoms. The molecule has 0 amide bonds. The van der Waals surface area contributed by atoms with Gasteiger partial charge in [0.15, 0.2) is 5.78 Å². The number of carbonyl (C=O) groups excluding carboxylic acids is 1. The molecule has 0 aromatic heterocycles. The minimum absolute atomic E-state index is 0.161. The zero-order chi connectivity index (χ0) is 15.1. The summed E-state index contributed by atoms with van der Waals surface area (Å²) in [6, 6.07) is 18.6. The van der Waals surface area contributed by atoms with Crippen LogP contribution >= 0.6 is 0 Å². The first kappa shape index (κ1) is 15.4. The number of ether oxygens (including phenoxy) is 1. The van der Waals surface area contributed by atoms with Gasteiger partial charge in [0.1, 0.15) is 6.10 Å². The summed E-state index contributed by atoms with van der Waals surface area (Å²) in [6.07, 6.45) is -1.26. The molecular weight excluding hydrogens is 264 g/mol. The summed E-state index contributed by atoms with van der Waals surface area (Å²) in [6.45, 7) is 2.42. The van der Waals surface area contributed by atoms with E-state index in [4.69, 9.17) is 4.74 Å². The molecule has 2 aromatic rings. The molecule has 2 unspecified atom stereocenters. The van der Waals surface area contributed by atoms with E-state index in [0.29, 0.717) is 12.2 Å². The van der Waals surface area contributed by atoms with Gasteiger partial charge in [0, 0.05) is 13.0 Å². The Labute approximate surface area is 125 Å². The molecule has 0 fully saturated rings. The van der Waals surface area contributed by atoms with Crippen molar-refractivity contribution in [2.24, 2.45) is 0 Å². The van der Waals surface area contributed by atoms with Gasteiger partial charge in [-0.25, -0.2) is 0 Å². The number of aliphatic hydroxyl groups excluding tert-OH is 1. The molecule has 1 N–H and O–H groups in total. The van der Waals surface area contributed by atoms with E-state index in [1.54, 1.807) is 12.1 Å². The molecule has 0 aliphatic carbocycles. The third-order valence-electron chi connectivity index (χ3n) is 3.35. The number of Topliss-reactive ketones (excluding diaryl/α,β-unsaturated/α-hetero) is 1.